The number of urea groups is 1. The van der Waals surface area contributed by atoms with E-state index in [1.807, 2.05) is 71.9 Å². The van der Waals surface area contributed by atoms with Gasteiger partial charge in [-0.1, -0.05) is 64.3 Å². The maximum Gasteiger partial charge on any atom is 0.315 e. The van der Waals surface area contributed by atoms with Crippen LogP contribution in [0.3, 0.4) is 0 Å². The van der Waals surface area contributed by atoms with Gasteiger partial charge in [0.05, 0.1) is 23.8 Å². The lowest BCUT2D eigenvalue weighted by atomic mass is 9.80. The molecule has 2 atom stereocenters. The van der Waals surface area contributed by atoms with E-state index in [0.29, 0.717) is 12.1 Å². The summed E-state index contributed by atoms with van der Waals surface area (Å²) in [6.07, 6.45) is 3.16. The second kappa shape index (κ2) is 13.3. The van der Waals surface area contributed by atoms with Gasteiger partial charge in [0, 0.05) is 10.9 Å². The Morgan fingerprint density at radius 2 is 1.64 bits per heavy atom. The molecule has 42 heavy (non-hydrogen) atoms. The van der Waals surface area contributed by atoms with Crippen molar-refractivity contribution in [3.05, 3.63) is 42.1 Å². The highest BCUT2D eigenvalue weighted by molar-refractivity contribution is 6.37. The summed E-state index contributed by atoms with van der Waals surface area (Å²) in [7, 11) is 0. The number of nitrogens with zero attached hydrogens (tertiary/aromatic N) is 2. The summed E-state index contributed by atoms with van der Waals surface area (Å²) in [6.45, 7) is 10.5. The summed E-state index contributed by atoms with van der Waals surface area (Å²) in [5.74, 6) is -2.87. The van der Waals surface area contributed by atoms with Gasteiger partial charge in [0.25, 0.3) is 5.91 Å². The second-order valence-corrected chi connectivity index (χ2v) is 13.2. The Bertz CT molecular complexity index is 1330. The van der Waals surface area contributed by atoms with Gasteiger partial charge >= 0.3 is 6.03 Å². The fraction of sp³-hybridized carbons (Fsp3) is 0.548. The molecule has 228 valence electrons. The van der Waals surface area contributed by atoms with E-state index in [0.717, 1.165) is 30.2 Å². The van der Waals surface area contributed by atoms with Crippen molar-refractivity contribution < 1.29 is 24.0 Å². The van der Waals surface area contributed by atoms with Crippen LogP contribution in [0.5, 0.6) is 0 Å². The zero-order valence-corrected chi connectivity index (χ0v) is 25.5. The highest BCUT2D eigenvalue weighted by Crippen LogP contribution is 2.30. The van der Waals surface area contributed by atoms with E-state index in [2.05, 4.69) is 20.9 Å². The van der Waals surface area contributed by atoms with Gasteiger partial charge in [-0.15, -0.1) is 0 Å². The minimum Gasteiger partial charge on any atom is -0.363 e. The van der Waals surface area contributed by atoms with E-state index in [1.165, 1.54) is 4.90 Å². The molecular formula is C31H44N6O5. The van der Waals surface area contributed by atoms with E-state index >= 15 is 0 Å². The lowest BCUT2D eigenvalue weighted by Gasteiger charge is -2.36. The first-order valence-corrected chi connectivity index (χ1v) is 14.4. The summed E-state index contributed by atoms with van der Waals surface area (Å²) in [4.78, 5) is 70.5. The van der Waals surface area contributed by atoms with E-state index in [1.54, 1.807) is 6.07 Å². The number of carbonyl (C=O) groups is 5. The molecule has 1 heterocycles. The normalized spacial score (nSPS) is 15.2. The molecule has 5 N–H and O–H groups in total. The lowest BCUT2D eigenvalue weighted by Crippen LogP contribution is -2.59. The van der Waals surface area contributed by atoms with Crippen molar-refractivity contribution in [3.63, 3.8) is 0 Å². The van der Waals surface area contributed by atoms with E-state index in [-0.39, 0.29) is 12.5 Å². The fourth-order valence-corrected chi connectivity index (χ4v) is 4.82. The van der Waals surface area contributed by atoms with Gasteiger partial charge in [0.2, 0.25) is 17.6 Å². The molecule has 5 amide bonds. The van der Waals surface area contributed by atoms with Crippen molar-refractivity contribution in [1.82, 2.24) is 25.8 Å². The summed E-state index contributed by atoms with van der Waals surface area (Å²) >= 11 is 0. The molecule has 0 bridgehead atoms. The molecule has 1 aromatic carbocycles. The molecule has 1 aliphatic rings. The van der Waals surface area contributed by atoms with E-state index in [9.17, 15) is 24.0 Å². The number of rotatable bonds is 11. The number of aromatic nitrogens is 1. The molecule has 1 fully saturated rings. The van der Waals surface area contributed by atoms with Gasteiger partial charge in [-0.05, 0) is 50.7 Å². The topological polar surface area (TPSA) is 164 Å². The third kappa shape index (κ3) is 9.25. The van der Waals surface area contributed by atoms with Gasteiger partial charge < -0.3 is 26.6 Å². The third-order valence-corrected chi connectivity index (χ3v) is 7.22. The molecule has 1 aliphatic carbocycles. The molecule has 0 saturated heterocycles. The van der Waals surface area contributed by atoms with E-state index in [4.69, 9.17) is 5.73 Å². The van der Waals surface area contributed by atoms with Crippen LogP contribution >= 0.6 is 0 Å². The number of primary amides is 1. The predicted octanol–water partition coefficient (Wildman–Crippen LogP) is 2.81. The van der Waals surface area contributed by atoms with Gasteiger partial charge in [0.15, 0.2) is 0 Å². The van der Waals surface area contributed by atoms with Crippen LogP contribution in [-0.2, 0) is 25.7 Å². The molecule has 0 spiro atoms. The second-order valence-electron chi connectivity index (χ2n) is 13.2. The first kappa shape index (κ1) is 32.5. The number of hydrogen-bond donors (Lipinski definition) is 4. The van der Waals surface area contributed by atoms with Crippen LogP contribution in [0.15, 0.2) is 36.4 Å². The number of nitrogens with two attached hydrogens (primary N) is 1. The first-order chi connectivity index (χ1) is 19.5. The smallest absolute Gasteiger partial charge is 0.315 e. The van der Waals surface area contributed by atoms with Crippen LogP contribution in [0.1, 0.15) is 72.9 Å². The van der Waals surface area contributed by atoms with Crippen LogP contribution in [0, 0.1) is 11.3 Å². The quantitative estimate of drug-likeness (QED) is 0.299. The molecule has 1 unspecified atom stereocenters. The summed E-state index contributed by atoms with van der Waals surface area (Å²) < 4.78 is 0. The van der Waals surface area contributed by atoms with Crippen molar-refractivity contribution in [2.24, 2.45) is 17.1 Å². The summed E-state index contributed by atoms with van der Waals surface area (Å²) in [5.41, 5.74) is 5.29. The van der Waals surface area contributed by atoms with Crippen molar-refractivity contribution in [1.29, 1.82) is 0 Å². The number of nitrogens with one attached hydrogen (secondary N) is 3. The lowest BCUT2D eigenvalue weighted by molar-refractivity contribution is -0.142. The molecule has 11 nitrogen and oxygen atoms in total. The van der Waals surface area contributed by atoms with Gasteiger partial charge in [-0.25, -0.2) is 4.79 Å². The molecule has 0 aliphatic heterocycles. The maximum atomic E-state index is 14.1. The number of ketones is 1. The molecule has 1 saturated carbocycles. The maximum absolute atomic E-state index is 14.1. The van der Waals surface area contributed by atoms with Crippen LogP contribution in [-0.4, -0.2) is 63.6 Å². The van der Waals surface area contributed by atoms with Crippen LogP contribution in [0.4, 0.5) is 4.79 Å². The first-order valence-electron chi connectivity index (χ1n) is 14.4. The van der Waals surface area contributed by atoms with Gasteiger partial charge in [-0.2, -0.15) is 0 Å². The summed E-state index contributed by atoms with van der Waals surface area (Å²) in [6, 6.07) is 8.63. The molecule has 0 radical (unpaired) electrons. The average molecular weight is 581 g/mol. The van der Waals surface area contributed by atoms with Crippen LogP contribution in [0.2, 0.25) is 0 Å². The molecule has 1 aromatic heterocycles. The number of para-hydroxylation sites is 1. The Morgan fingerprint density at radius 1 is 0.976 bits per heavy atom. The van der Waals surface area contributed by atoms with Gasteiger partial charge in [0.1, 0.15) is 12.6 Å². The highest BCUT2D eigenvalue weighted by Gasteiger charge is 2.38. The number of Topliss-reactive ketones (excluding diaryl/α,β-unsaturated/α-hetero) is 1. The van der Waals surface area contributed by atoms with Gasteiger partial charge in [-0.3, -0.25) is 24.2 Å². The van der Waals surface area contributed by atoms with Crippen molar-refractivity contribution in [3.8, 4) is 0 Å². The third-order valence-electron chi connectivity index (χ3n) is 7.22. The minimum atomic E-state index is -1.12. The highest BCUT2D eigenvalue weighted by atomic mass is 16.2. The Labute approximate surface area is 247 Å². The number of amides is 5. The zero-order valence-electron chi connectivity index (χ0n) is 25.5. The molecule has 2 aromatic rings. The predicted molar refractivity (Wildman–Crippen MR) is 160 cm³/mol. The molecule has 11 heteroatoms. The standard InChI is InChI=1S/C31H44N6O5/c1-30(2,3)26(35-29(42)36-31(4,5)6)28(41)37(17-21-15-14-20-12-7-8-13-22(20)33-21)18-24(38)34-23(25(39)27(32)40)16-19-10-9-11-19/h7-8,12-15,19,23,26H,9-11,16-18H2,1-6H3,(H2,32,40)(H,34,38)(H2,35,36,42)/t23?,26-/m1/s1. The Kier molecular flexibility index (Phi) is 10.3. The Morgan fingerprint density at radius 3 is 2.21 bits per heavy atom. The van der Waals surface area contributed by atoms with Crippen LogP contribution in [0.25, 0.3) is 10.9 Å². The summed E-state index contributed by atoms with van der Waals surface area (Å²) in [5, 5.41) is 9.17. The van der Waals surface area contributed by atoms with Crippen LogP contribution < -0.4 is 21.7 Å². The minimum absolute atomic E-state index is 0.0245. The number of hydrogen-bond acceptors (Lipinski definition) is 6. The van der Waals surface area contributed by atoms with Crippen molar-refractivity contribution >= 4 is 40.4 Å². The number of benzene rings is 1. The molecule has 3 rings (SSSR count). The van der Waals surface area contributed by atoms with E-state index < -0.39 is 59.1 Å². The fourth-order valence-electron chi connectivity index (χ4n) is 4.82. The Balaban J connectivity index is 1.89. The van der Waals surface area contributed by atoms with Crippen molar-refractivity contribution in [2.45, 2.75) is 91.4 Å². The molecular weight excluding hydrogens is 536 g/mol. The number of fused-ring (bicyclic) bond motifs is 1. The Hall–Kier alpha value is -4.02. The largest absolute Gasteiger partial charge is 0.363 e. The average Bonchev–Trinajstić information content (AvgIpc) is 2.85. The van der Waals surface area contributed by atoms with Crippen molar-refractivity contribution in [2.75, 3.05) is 6.54 Å². The number of pyridine rings is 1. The zero-order chi connectivity index (χ0) is 31.2. The monoisotopic (exact) mass is 580 g/mol. The SMILES string of the molecule is CC(C)(C)NC(=O)N[C@H](C(=O)N(CC(=O)NC(CC1CCC1)C(=O)C(N)=O)Cc1ccc2ccccc2n1)C(C)(C)C. The number of carbonyl (C=O) groups excluding carboxylic acids is 5.